The minimum atomic E-state index is -0.128. The number of aromatic nitrogens is 3. The second-order valence-electron chi connectivity index (χ2n) is 6.27. The van der Waals surface area contributed by atoms with Crippen molar-refractivity contribution in [2.45, 2.75) is 40.5 Å². The van der Waals surface area contributed by atoms with Crippen LogP contribution in [0.4, 0.5) is 5.69 Å². The molecule has 2 heterocycles. The minimum absolute atomic E-state index is 0.128. The molecule has 1 aromatic carbocycles. The van der Waals surface area contributed by atoms with Crippen molar-refractivity contribution in [2.75, 3.05) is 5.32 Å². The number of rotatable bonds is 5. The van der Waals surface area contributed by atoms with Crippen LogP contribution in [0.15, 0.2) is 30.3 Å². The summed E-state index contributed by atoms with van der Waals surface area (Å²) in [6.07, 6.45) is 1.37. The fraction of sp³-hybridized carbons (Fsp3) is 0.300. The van der Waals surface area contributed by atoms with Gasteiger partial charge in [-0.05, 0) is 56.4 Å². The lowest BCUT2D eigenvalue weighted by Crippen LogP contribution is -2.16. The van der Waals surface area contributed by atoms with Crippen molar-refractivity contribution in [3.8, 4) is 0 Å². The highest BCUT2D eigenvalue weighted by molar-refractivity contribution is 7.06. The van der Waals surface area contributed by atoms with Crippen LogP contribution in [0.5, 0.6) is 0 Å². The molecule has 0 spiro atoms. The molecule has 0 aliphatic heterocycles. The van der Waals surface area contributed by atoms with Gasteiger partial charge in [0.15, 0.2) is 0 Å². The summed E-state index contributed by atoms with van der Waals surface area (Å²) in [5.74, 6) is 0.589. The lowest BCUT2D eigenvalue weighted by molar-refractivity contribution is 0.102. The molecule has 1 amide bonds. The molecule has 0 radical (unpaired) electrons. The summed E-state index contributed by atoms with van der Waals surface area (Å²) in [6, 6.07) is 9.81. The van der Waals surface area contributed by atoms with Gasteiger partial charge in [0.25, 0.3) is 5.91 Å². The topological polar surface area (TPSA) is 67.8 Å². The average Bonchev–Trinajstić information content (AvgIpc) is 2.94. The molecule has 3 rings (SSSR count). The Balaban J connectivity index is 1.88. The number of amides is 1. The first-order chi connectivity index (χ1) is 12.5. The first-order valence-corrected chi connectivity index (χ1v) is 9.40. The number of aryl methyl sites for hydroxylation is 4. The largest absolute Gasteiger partial charge is 0.322 e. The molecule has 0 aliphatic carbocycles. The molecule has 0 aliphatic rings. The Morgan fingerprint density at radius 3 is 2.50 bits per heavy atom. The number of nitrogens with zero attached hydrogens (tertiary/aromatic N) is 3. The Labute approximate surface area is 157 Å². The van der Waals surface area contributed by atoms with E-state index in [0.717, 1.165) is 39.6 Å². The molecule has 0 fully saturated rings. The summed E-state index contributed by atoms with van der Waals surface area (Å²) in [6.45, 7) is 7.84. The summed E-state index contributed by atoms with van der Waals surface area (Å²) in [5.41, 5.74) is 5.18. The molecular weight excluding hydrogens is 344 g/mol. The van der Waals surface area contributed by atoms with E-state index in [-0.39, 0.29) is 5.91 Å². The van der Waals surface area contributed by atoms with E-state index in [1.54, 1.807) is 0 Å². The third-order valence-corrected chi connectivity index (χ3v) is 5.09. The highest BCUT2D eigenvalue weighted by Gasteiger charge is 2.20. The predicted molar refractivity (Wildman–Crippen MR) is 105 cm³/mol. The van der Waals surface area contributed by atoms with E-state index in [9.17, 15) is 4.79 Å². The molecule has 0 unspecified atom stereocenters. The van der Waals surface area contributed by atoms with Gasteiger partial charge in [-0.1, -0.05) is 25.1 Å². The summed E-state index contributed by atoms with van der Waals surface area (Å²) in [5, 5.41) is 3.04. The van der Waals surface area contributed by atoms with Crippen molar-refractivity contribution in [1.29, 1.82) is 0 Å². The number of hydrogen-bond donors (Lipinski definition) is 1. The van der Waals surface area contributed by atoms with Crippen molar-refractivity contribution in [3.05, 3.63) is 69.2 Å². The summed E-state index contributed by atoms with van der Waals surface area (Å²) >= 11 is 1.34. The minimum Gasteiger partial charge on any atom is -0.322 e. The van der Waals surface area contributed by atoms with Gasteiger partial charge in [0.1, 0.15) is 5.82 Å². The number of carbonyl (C=O) groups is 1. The number of anilines is 1. The van der Waals surface area contributed by atoms with Crippen LogP contribution >= 0.6 is 11.5 Å². The maximum absolute atomic E-state index is 12.9. The first-order valence-electron chi connectivity index (χ1n) is 8.63. The van der Waals surface area contributed by atoms with Crippen LogP contribution in [-0.4, -0.2) is 20.2 Å². The molecule has 134 valence electrons. The Morgan fingerprint density at radius 1 is 1.12 bits per heavy atom. The van der Waals surface area contributed by atoms with E-state index in [0.29, 0.717) is 17.8 Å². The standard InChI is InChI=1S/C20H22N4OS/c1-5-15-8-6-7-9-16(15)23-20(25)19-14(4)24-26-17(19)11-18-21-12(2)10-13(3)22-18/h6-10H,5,11H2,1-4H3,(H,23,25). The van der Waals surface area contributed by atoms with E-state index in [4.69, 9.17) is 0 Å². The molecule has 0 saturated heterocycles. The highest BCUT2D eigenvalue weighted by Crippen LogP contribution is 2.24. The summed E-state index contributed by atoms with van der Waals surface area (Å²) in [4.78, 5) is 22.8. The van der Waals surface area contributed by atoms with Crippen LogP contribution in [0.2, 0.25) is 0 Å². The normalized spacial score (nSPS) is 10.8. The fourth-order valence-corrected chi connectivity index (χ4v) is 3.85. The van der Waals surface area contributed by atoms with Crippen LogP contribution in [0.1, 0.15) is 50.6 Å². The van der Waals surface area contributed by atoms with Crippen molar-refractivity contribution in [1.82, 2.24) is 14.3 Å². The van der Waals surface area contributed by atoms with E-state index in [2.05, 4.69) is 26.6 Å². The first kappa shape index (κ1) is 18.2. The molecule has 26 heavy (non-hydrogen) atoms. The van der Waals surface area contributed by atoms with Gasteiger partial charge in [0.2, 0.25) is 0 Å². The maximum atomic E-state index is 12.9. The smallest absolute Gasteiger partial charge is 0.258 e. The Hall–Kier alpha value is -2.60. The van der Waals surface area contributed by atoms with Crippen LogP contribution in [0, 0.1) is 20.8 Å². The second-order valence-corrected chi connectivity index (χ2v) is 7.13. The average molecular weight is 366 g/mol. The molecule has 0 atom stereocenters. The number of nitrogens with one attached hydrogen (secondary N) is 1. The molecule has 0 saturated carbocycles. The van der Waals surface area contributed by atoms with Gasteiger partial charge in [0.05, 0.1) is 11.3 Å². The Kier molecular flexibility index (Phi) is 5.42. The summed E-state index contributed by atoms with van der Waals surface area (Å²) < 4.78 is 4.39. The van der Waals surface area contributed by atoms with Crippen molar-refractivity contribution in [2.24, 2.45) is 0 Å². The third kappa shape index (κ3) is 3.96. The van der Waals surface area contributed by atoms with Gasteiger partial charge in [-0.2, -0.15) is 4.37 Å². The molecule has 2 aromatic heterocycles. The second kappa shape index (κ2) is 7.74. The lowest BCUT2D eigenvalue weighted by Gasteiger charge is -2.10. The zero-order chi connectivity index (χ0) is 18.7. The number of benzene rings is 1. The molecular formula is C20H22N4OS. The molecule has 5 nitrogen and oxygen atoms in total. The van der Waals surface area contributed by atoms with E-state index in [1.165, 1.54) is 11.5 Å². The fourth-order valence-electron chi connectivity index (χ4n) is 2.99. The molecule has 6 heteroatoms. The van der Waals surface area contributed by atoms with Gasteiger partial charge in [-0.3, -0.25) is 4.79 Å². The number of para-hydroxylation sites is 1. The molecule has 0 bridgehead atoms. The van der Waals surface area contributed by atoms with Crippen molar-refractivity contribution in [3.63, 3.8) is 0 Å². The lowest BCUT2D eigenvalue weighted by atomic mass is 10.1. The molecule has 1 N–H and O–H groups in total. The van der Waals surface area contributed by atoms with Gasteiger partial charge in [-0.25, -0.2) is 9.97 Å². The SMILES string of the molecule is CCc1ccccc1NC(=O)c1c(C)nsc1Cc1nc(C)cc(C)n1. The third-order valence-electron chi connectivity index (χ3n) is 4.15. The monoisotopic (exact) mass is 366 g/mol. The molecule has 3 aromatic rings. The van der Waals surface area contributed by atoms with E-state index in [1.807, 2.05) is 51.1 Å². The van der Waals surface area contributed by atoms with Crippen LogP contribution in [0.3, 0.4) is 0 Å². The van der Waals surface area contributed by atoms with Gasteiger partial charge in [-0.15, -0.1) is 0 Å². The Bertz CT molecular complexity index is 928. The van der Waals surface area contributed by atoms with E-state index >= 15 is 0 Å². The van der Waals surface area contributed by atoms with Gasteiger partial charge < -0.3 is 5.32 Å². The van der Waals surface area contributed by atoms with Crippen molar-refractivity contribution < 1.29 is 4.79 Å². The van der Waals surface area contributed by atoms with Gasteiger partial charge >= 0.3 is 0 Å². The van der Waals surface area contributed by atoms with Crippen LogP contribution in [-0.2, 0) is 12.8 Å². The maximum Gasteiger partial charge on any atom is 0.258 e. The number of carbonyl (C=O) groups excluding carboxylic acids is 1. The zero-order valence-corrected chi connectivity index (χ0v) is 16.3. The van der Waals surface area contributed by atoms with Gasteiger partial charge in [0, 0.05) is 28.4 Å². The quantitative estimate of drug-likeness (QED) is 0.732. The predicted octanol–water partition coefficient (Wildman–Crippen LogP) is 4.26. The highest BCUT2D eigenvalue weighted by atomic mass is 32.1. The van der Waals surface area contributed by atoms with E-state index < -0.39 is 0 Å². The van der Waals surface area contributed by atoms with Crippen molar-refractivity contribution >= 4 is 23.1 Å². The zero-order valence-electron chi connectivity index (χ0n) is 15.5. The Morgan fingerprint density at radius 2 is 1.81 bits per heavy atom. The summed E-state index contributed by atoms with van der Waals surface area (Å²) in [7, 11) is 0. The van der Waals surface area contributed by atoms with Crippen LogP contribution in [0.25, 0.3) is 0 Å². The number of hydrogen-bond acceptors (Lipinski definition) is 5. The van der Waals surface area contributed by atoms with Crippen LogP contribution < -0.4 is 5.32 Å².